The molecular formula is C24H26N4O6. The molecule has 34 heavy (non-hydrogen) atoms. The van der Waals surface area contributed by atoms with Crippen molar-refractivity contribution in [3.8, 4) is 6.07 Å². The van der Waals surface area contributed by atoms with Gasteiger partial charge in [0.05, 0.1) is 30.2 Å². The number of amides is 3. The fourth-order valence-corrected chi connectivity index (χ4v) is 4.76. The highest BCUT2D eigenvalue weighted by atomic mass is 16.5. The number of hydrogen-bond acceptors (Lipinski definition) is 7. The quantitative estimate of drug-likeness (QED) is 0.488. The van der Waals surface area contributed by atoms with E-state index in [1.165, 1.54) is 6.26 Å². The van der Waals surface area contributed by atoms with Gasteiger partial charge in [-0.2, -0.15) is 5.26 Å². The van der Waals surface area contributed by atoms with Gasteiger partial charge in [-0.3, -0.25) is 24.1 Å². The largest absolute Gasteiger partial charge is 0.467 e. The van der Waals surface area contributed by atoms with E-state index in [2.05, 4.69) is 11.4 Å². The standard InChI is InChI=1S/C24H26N4O6/c1-14-15(2)27(11-16-6-5-9-33-16)22(19(14)10-25)26-20(29)13-34-21(30)12-28-23(31)17-7-3-4-8-18(17)24(28)32/h5-6,9,17-18H,3-4,7-8,11-13H2,1-2H3,(H,26,29)/t17-,18-/m0/s1. The Labute approximate surface area is 196 Å². The van der Waals surface area contributed by atoms with Crippen LogP contribution >= 0.6 is 0 Å². The third-order valence-electron chi connectivity index (χ3n) is 6.68. The van der Waals surface area contributed by atoms with Gasteiger partial charge in [-0.05, 0) is 44.4 Å². The average Bonchev–Trinajstić information content (AvgIpc) is 3.49. The Morgan fingerprint density at radius 3 is 2.47 bits per heavy atom. The van der Waals surface area contributed by atoms with Crippen LogP contribution in [0.3, 0.4) is 0 Å². The molecular weight excluding hydrogens is 440 g/mol. The van der Waals surface area contributed by atoms with Crippen LogP contribution in [0.1, 0.15) is 48.3 Å². The lowest BCUT2D eigenvalue weighted by molar-refractivity contribution is -0.154. The van der Waals surface area contributed by atoms with Gasteiger partial charge in [0.25, 0.3) is 5.91 Å². The third-order valence-corrected chi connectivity index (χ3v) is 6.68. The van der Waals surface area contributed by atoms with Crippen molar-refractivity contribution in [3.05, 3.63) is 41.0 Å². The summed E-state index contributed by atoms with van der Waals surface area (Å²) in [7, 11) is 0. The van der Waals surface area contributed by atoms with E-state index in [9.17, 15) is 24.4 Å². The van der Waals surface area contributed by atoms with Crippen LogP contribution in [0.2, 0.25) is 0 Å². The fraction of sp³-hybridized carbons (Fsp3) is 0.458. The van der Waals surface area contributed by atoms with Crippen molar-refractivity contribution in [2.45, 2.75) is 46.1 Å². The summed E-state index contributed by atoms with van der Waals surface area (Å²) in [6.07, 6.45) is 4.63. The van der Waals surface area contributed by atoms with Crippen LogP contribution < -0.4 is 5.32 Å². The summed E-state index contributed by atoms with van der Waals surface area (Å²) in [4.78, 5) is 50.8. The van der Waals surface area contributed by atoms with E-state index in [0.29, 0.717) is 36.3 Å². The Morgan fingerprint density at radius 2 is 1.88 bits per heavy atom. The number of rotatable bonds is 7. The van der Waals surface area contributed by atoms with Crippen molar-refractivity contribution >= 4 is 29.5 Å². The Kier molecular flexibility index (Phi) is 6.54. The first kappa shape index (κ1) is 23.3. The summed E-state index contributed by atoms with van der Waals surface area (Å²) in [5, 5.41) is 12.2. The van der Waals surface area contributed by atoms with Gasteiger partial charge in [0, 0.05) is 5.69 Å². The number of anilines is 1. The van der Waals surface area contributed by atoms with Gasteiger partial charge in [-0.15, -0.1) is 0 Å². The second kappa shape index (κ2) is 9.55. The summed E-state index contributed by atoms with van der Waals surface area (Å²) in [5.41, 5.74) is 1.81. The van der Waals surface area contributed by atoms with Gasteiger partial charge >= 0.3 is 5.97 Å². The third kappa shape index (κ3) is 4.33. The average molecular weight is 466 g/mol. The van der Waals surface area contributed by atoms with Crippen LogP contribution in [0.4, 0.5) is 5.82 Å². The maximum absolute atomic E-state index is 12.5. The first-order valence-corrected chi connectivity index (χ1v) is 11.2. The zero-order valence-corrected chi connectivity index (χ0v) is 19.1. The SMILES string of the molecule is Cc1c(C#N)c(NC(=O)COC(=O)CN2C(=O)[C@H]3CCCC[C@@H]3C2=O)n(Cc2ccco2)c1C. The smallest absolute Gasteiger partial charge is 0.326 e. The predicted molar refractivity (Wildman–Crippen MR) is 118 cm³/mol. The summed E-state index contributed by atoms with van der Waals surface area (Å²) < 4.78 is 12.2. The van der Waals surface area contributed by atoms with E-state index in [4.69, 9.17) is 9.15 Å². The summed E-state index contributed by atoms with van der Waals surface area (Å²) in [6.45, 7) is 2.80. The van der Waals surface area contributed by atoms with Gasteiger partial charge < -0.3 is 19.0 Å². The van der Waals surface area contributed by atoms with E-state index in [1.807, 2.05) is 6.92 Å². The molecule has 1 saturated heterocycles. The van der Waals surface area contributed by atoms with E-state index in [1.54, 1.807) is 23.6 Å². The van der Waals surface area contributed by atoms with Crippen LogP contribution in [0.5, 0.6) is 0 Å². The van der Waals surface area contributed by atoms with Crippen LogP contribution in [0, 0.1) is 37.0 Å². The minimum atomic E-state index is -0.839. The van der Waals surface area contributed by atoms with Crippen LogP contribution in [-0.4, -0.2) is 46.3 Å². The number of fused-ring (bicyclic) bond motifs is 1. The molecule has 3 amide bonds. The monoisotopic (exact) mass is 466 g/mol. The molecule has 2 atom stereocenters. The number of nitrogens with zero attached hydrogens (tertiary/aromatic N) is 3. The zero-order valence-electron chi connectivity index (χ0n) is 19.1. The number of carbonyl (C=O) groups excluding carboxylic acids is 4. The van der Waals surface area contributed by atoms with Crippen molar-refractivity contribution in [1.29, 1.82) is 5.26 Å². The molecule has 4 rings (SSSR count). The first-order chi connectivity index (χ1) is 16.3. The lowest BCUT2D eigenvalue weighted by Crippen LogP contribution is -2.37. The van der Waals surface area contributed by atoms with E-state index >= 15 is 0 Å². The fourth-order valence-electron chi connectivity index (χ4n) is 4.76. The Balaban J connectivity index is 1.38. The molecule has 2 fully saturated rings. The van der Waals surface area contributed by atoms with Gasteiger partial charge in [-0.25, -0.2) is 0 Å². The van der Waals surface area contributed by atoms with Gasteiger partial charge in [-0.1, -0.05) is 12.8 Å². The topological polar surface area (TPSA) is 135 Å². The molecule has 1 saturated carbocycles. The second-order valence-corrected chi connectivity index (χ2v) is 8.68. The maximum Gasteiger partial charge on any atom is 0.326 e. The van der Waals surface area contributed by atoms with Gasteiger partial charge in [0.1, 0.15) is 24.2 Å². The second-order valence-electron chi connectivity index (χ2n) is 8.68. The molecule has 10 heteroatoms. The van der Waals surface area contributed by atoms with Crippen LogP contribution in [0.15, 0.2) is 22.8 Å². The summed E-state index contributed by atoms with van der Waals surface area (Å²) in [5.74, 6) is -1.93. The zero-order chi connectivity index (χ0) is 24.4. The molecule has 1 aliphatic carbocycles. The molecule has 0 radical (unpaired) electrons. The van der Waals surface area contributed by atoms with E-state index in [0.717, 1.165) is 23.4 Å². The minimum absolute atomic E-state index is 0.281. The highest BCUT2D eigenvalue weighted by molar-refractivity contribution is 6.07. The number of likely N-dealkylation sites (tertiary alicyclic amines) is 1. The summed E-state index contributed by atoms with van der Waals surface area (Å²) >= 11 is 0. The predicted octanol–water partition coefficient (Wildman–Crippen LogP) is 2.27. The Bertz CT molecular complexity index is 1150. The highest BCUT2D eigenvalue weighted by Crippen LogP contribution is 2.37. The van der Waals surface area contributed by atoms with Crippen molar-refractivity contribution in [1.82, 2.24) is 9.47 Å². The number of imide groups is 1. The molecule has 178 valence electrons. The molecule has 0 spiro atoms. The van der Waals surface area contributed by atoms with E-state index < -0.39 is 25.0 Å². The van der Waals surface area contributed by atoms with Gasteiger partial charge in [0.15, 0.2) is 6.61 Å². The summed E-state index contributed by atoms with van der Waals surface area (Å²) in [6, 6.07) is 5.63. The number of nitriles is 1. The Hall–Kier alpha value is -3.87. The van der Waals surface area contributed by atoms with Crippen molar-refractivity contribution in [2.24, 2.45) is 11.8 Å². The number of carbonyl (C=O) groups is 4. The van der Waals surface area contributed by atoms with Gasteiger partial charge in [0.2, 0.25) is 11.8 Å². The molecule has 10 nitrogen and oxygen atoms in total. The van der Waals surface area contributed by atoms with Crippen molar-refractivity contribution < 1.29 is 28.3 Å². The lowest BCUT2D eigenvalue weighted by Gasteiger charge is -2.19. The number of hydrogen-bond donors (Lipinski definition) is 1. The number of furan rings is 1. The Morgan fingerprint density at radius 1 is 1.21 bits per heavy atom. The van der Waals surface area contributed by atoms with Crippen LogP contribution in [0.25, 0.3) is 0 Å². The molecule has 1 aliphatic heterocycles. The van der Waals surface area contributed by atoms with Crippen molar-refractivity contribution in [3.63, 3.8) is 0 Å². The molecule has 0 bridgehead atoms. The molecule has 2 aliphatic rings. The van der Waals surface area contributed by atoms with Crippen LogP contribution in [-0.2, 0) is 30.5 Å². The maximum atomic E-state index is 12.5. The van der Waals surface area contributed by atoms with Crippen molar-refractivity contribution in [2.75, 3.05) is 18.5 Å². The normalized spacial score (nSPS) is 19.6. The highest BCUT2D eigenvalue weighted by Gasteiger charge is 2.48. The minimum Gasteiger partial charge on any atom is -0.467 e. The number of esters is 1. The lowest BCUT2D eigenvalue weighted by atomic mass is 9.81. The number of nitrogens with one attached hydrogen (secondary N) is 1. The number of ether oxygens (including phenoxy) is 1. The van der Waals surface area contributed by atoms with E-state index in [-0.39, 0.29) is 29.5 Å². The molecule has 3 heterocycles. The first-order valence-electron chi connectivity index (χ1n) is 11.2. The molecule has 2 aromatic rings. The molecule has 0 aromatic carbocycles. The molecule has 1 N–H and O–H groups in total. The molecule has 2 aromatic heterocycles. The molecule has 0 unspecified atom stereocenters. The number of aromatic nitrogens is 1.